The number of rotatable bonds is 10. The first-order chi connectivity index (χ1) is 18.3. The fraction of sp³-hybridized carbons (Fsp3) is 0.375. The first kappa shape index (κ1) is 24.7. The lowest BCUT2D eigenvalue weighted by Crippen LogP contribution is -2.12. The van der Waals surface area contributed by atoms with E-state index in [1.54, 1.807) is 0 Å². The number of aliphatic hydroxyl groups is 1. The fourth-order valence-corrected chi connectivity index (χ4v) is 5.64. The Morgan fingerprint density at radius 1 is 1.11 bits per heavy atom. The molecule has 1 N–H and O–H groups in total. The van der Waals surface area contributed by atoms with E-state index in [1.165, 1.54) is 11.1 Å². The van der Waals surface area contributed by atoms with Crippen LogP contribution in [0.1, 0.15) is 54.0 Å². The van der Waals surface area contributed by atoms with Crippen molar-refractivity contribution in [2.45, 2.75) is 58.7 Å². The lowest BCUT2D eigenvalue weighted by Gasteiger charge is -2.16. The van der Waals surface area contributed by atoms with E-state index < -0.39 is 5.60 Å². The highest BCUT2D eigenvalue weighted by Gasteiger charge is 2.48. The molecule has 6 heteroatoms. The van der Waals surface area contributed by atoms with Gasteiger partial charge in [0.15, 0.2) is 0 Å². The maximum absolute atomic E-state index is 12.1. The molecule has 2 aromatic carbocycles. The summed E-state index contributed by atoms with van der Waals surface area (Å²) in [6.07, 6.45) is 5.08. The molecule has 1 heterocycles. The molecule has 6 nitrogen and oxygen atoms in total. The van der Waals surface area contributed by atoms with E-state index in [2.05, 4.69) is 55.2 Å². The van der Waals surface area contributed by atoms with Gasteiger partial charge in [-0.05, 0) is 97.2 Å². The van der Waals surface area contributed by atoms with Crippen molar-refractivity contribution in [3.63, 3.8) is 0 Å². The van der Waals surface area contributed by atoms with E-state index in [4.69, 9.17) is 14.2 Å². The second kappa shape index (κ2) is 9.59. The number of benzene rings is 2. The van der Waals surface area contributed by atoms with Crippen molar-refractivity contribution >= 4 is 11.5 Å². The molecule has 0 radical (unpaired) electrons. The molecular formula is C32H33NO5. The predicted molar refractivity (Wildman–Crippen MR) is 145 cm³/mol. The van der Waals surface area contributed by atoms with Crippen LogP contribution < -0.4 is 9.47 Å². The van der Waals surface area contributed by atoms with E-state index in [0.717, 1.165) is 64.0 Å². The van der Waals surface area contributed by atoms with Gasteiger partial charge in [-0.25, -0.2) is 9.78 Å². The van der Waals surface area contributed by atoms with Gasteiger partial charge < -0.3 is 19.3 Å². The van der Waals surface area contributed by atoms with Crippen molar-refractivity contribution < 1.29 is 24.1 Å². The number of nitrogens with zero attached hydrogens (tertiary/aromatic N) is 1. The summed E-state index contributed by atoms with van der Waals surface area (Å²) in [4.78, 5) is 16.6. The smallest absolute Gasteiger partial charge is 0.334 e. The van der Waals surface area contributed by atoms with Crippen LogP contribution in [0.3, 0.4) is 0 Å². The number of hydrogen-bond donors (Lipinski definition) is 1. The van der Waals surface area contributed by atoms with Crippen molar-refractivity contribution in [1.29, 1.82) is 0 Å². The van der Waals surface area contributed by atoms with Gasteiger partial charge in [0.2, 0.25) is 5.88 Å². The van der Waals surface area contributed by atoms with Crippen molar-refractivity contribution in [2.24, 2.45) is 5.92 Å². The molecule has 0 aliphatic heterocycles. The van der Waals surface area contributed by atoms with Gasteiger partial charge in [0.1, 0.15) is 12.4 Å². The number of aromatic nitrogens is 1. The second-order valence-corrected chi connectivity index (χ2v) is 10.7. The van der Waals surface area contributed by atoms with Crippen LogP contribution in [-0.2, 0) is 22.6 Å². The van der Waals surface area contributed by atoms with Gasteiger partial charge in [-0.15, -0.1) is 0 Å². The molecule has 0 amide bonds. The summed E-state index contributed by atoms with van der Waals surface area (Å²) in [6, 6.07) is 14.5. The average molecular weight is 512 g/mol. The minimum atomic E-state index is -0.493. The van der Waals surface area contributed by atoms with Crippen LogP contribution >= 0.6 is 0 Å². The van der Waals surface area contributed by atoms with Crippen LogP contribution in [0, 0.1) is 19.8 Å². The highest BCUT2D eigenvalue weighted by atomic mass is 16.5. The van der Waals surface area contributed by atoms with Crippen molar-refractivity contribution in [1.82, 2.24) is 4.98 Å². The largest absolute Gasteiger partial charge is 0.493 e. The molecule has 0 saturated heterocycles. The van der Waals surface area contributed by atoms with Crippen LogP contribution in [0.5, 0.6) is 11.6 Å². The van der Waals surface area contributed by atoms with Crippen LogP contribution in [0.2, 0.25) is 0 Å². The molecule has 196 valence electrons. The molecule has 1 fully saturated rings. The Morgan fingerprint density at radius 3 is 2.63 bits per heavy atom. The minimum Gasteiger partial charge on any atom is -0.493 e. The first-order valence-electron chi connectivity index (χ1n) is 13.4. The van der Waals surface area contributed by atoms with Gasteiger partial charge in [0.25, 0.3) is 0 Å². The maximum Gasteiger partial charge on any atom is 0.334 e. The summed E-state index contributed by atoms with van der Waals surface area (Å²) in [6.45, 7) is 7.38. The summed E-state index contributed by atoms with van der Waals surface area (Å²) in [5.41, 5.74) is 9.34. The standard InChI is InChI=1S/C32H33NO5/c1-4-36-31(34)30-25-15-23-16-27(33-17-26(23)29(25)30)38-18-21-6-5-7-22(14-21)28-19(2)12-24(13-20(28)3)37-11-10-32(35)8-9-32/h5-7,12-14,16-17,25,35H,4,8-11,15,18H2,1-3H3. The zero-order valence-corrected chi connectivity index (χ0v) is 22.2. The number of allylic oxidation sites excluding steroid dienone is 1. The molecule has 1 saturated carbocycles. The SMILES string of the molecule is CCOC(=O)C1=C2c3cnc(OCc4cccc(-c5c(C)cc(OCCC6(O)CC6)cc5C)c4)cc3CC12. The van der Waals surface area contributed by atoms with E-state index in [0.29, 0.717) is 32.1 Å². The van der Waals surface area contributed by atoms with Crippen LogP contribution in [-0.4, -0.2) is 34.9 Å². The molecule has 3 aliphatic carbocycles. The van der Waals surface area contributed by atoms with E-state index in [1.807, 2.05) is 19.2 Å². The van der Waals surface area contributed by atoms with Crippen LogP contribution in [0.15, 0.2) is 54.2 Å². The van der Waals surface area contributed by atoms with Crippen molar-refractivity contribution in [3.8, 4) is 22.8 Å². The normalized spacial score (nSPS) is 18.1. The first-order valence-corrected chi connectivity index (χ1v) is 13.4. The van der Waals surface area contributed by atoms with E-state index in [-0.39, 0.29) is 11.9 Å². The molecule has 38 heavy (non-hydrogen) atoms. The number of esters is 1. The molecule has 0 spiro atoms. The Hall–Kier alpha value is -3.64. The van der Waals surface area contributed by atoms with Crippen LogP contribution in [0.25, 0.3) is 16.7 Å². The summed E-state index contributed by atoms with van der Waals surface area (Å²) < 4.78 is 17.2. The number of hydrogen-bond acceptors (Lipinski definition) is 6. The molecule has 1 atom stereocenters. The molecule has 3 aromatic rings. The molecule has 3 aliphatic rings. The molecule has 0 bridgehead atoms. The minimum absolute atomic E-state index is 0.186. The Bertz CT molecular complexity index is 1430. The third-order valence-electron chi connectivity index (χ3n) is 7.85. The number of carbonyl (C=O) groups excluding carboxylic acids is 1. The Kier molecular flexibility index (Phi) is 6.23. The van der Waals surface area contributed by atoms with Gasteiger partial charge in [0.05, 0.1) is 18.8 Å². The number of ether oxygens (including phenoxy) is 3. The summed E-state index contributed by atoms with van der Waals surface area (Å²) in [5, 5.41) is 10.0. The lowest BCUT2D eigenvalue weighted by molar-refractivity contribution is -0.138. The zero-order chi connectivity index (χ0) is 26.4. The monoisotopic (exact) mass is 511 g/mol. The van der Waals surface area contributed by atoms with Crippen molar-refractivity contribution in [2.75, 3.05) is 13.2 Å². The number of fused-ring (bicyclic) bond motifs is 3. The molecule has 1 unspecified atom stereocenters. The molecule has 6 rings (SSSR count). The number of aryl methyl sites for hydroxylation is 2. The molecular weight excluding hydrogens is 478 g/mol. The quantitative estimate of drug-likeness (QED) is 0.350. The summed E-state index contributed by atoms with van der Waals surface area (Å²) in [5.74, 6) is 1.43. The summed E-state index contributed by atoms with van der Waals surface area (Å²) in [7, 11) is 0. The highest BCUT2D eigenvalue weighted by Crippen LogP contribution is 2.56. The van der Waals surface area contributed by atoms with Crippen molar-refractivity contribution in [3.05, 3.63) is 82.1 Å². The van der Waals surface area contributed by atoms with Crippen LogP contribution in [0.4, 0.5) is 0 Å². The fourth-order valence-electron chi connectivity index (χ4n) is 5.64. The van der Waals surface area contributed by atoms with E-state index in [9.17, 15) is 9.90 Å². The van der Waals surface area contributed by atoms with Gasteiger partial charge in [-0.3, -0.25) is 0 Å². The summed E-state index contributed by atoms with van der Waals surface area (Å²) >= 11 is 0. The third kappa shape index (κ3) is 4.81. The average Bonchev–Trinajstić information content (AvgIpc) is 3.77. The van der Waals surface area contributed by atoms with E-state index >= 15 is 0 Å². The van der Waals surface area contributed by atoms with Gasteiger partial charge in [0, 0.05) is 35.7 Å². The Morgan fingerprint density at radius 2 is 1.89 bits per heavy atom. The predicted octanol–water partition coefficient (Wildman–Crippen LogP) is 5.74. The Balaban J connectivity index is 1.11. The Labute approximate surface area is 223 Å². The lowest BCUT2D eigenvalue weighted by atomic mass is 9.94. The third-order valence-corrected chi connectivity index (χ3v) is 7.85. The van der Waals surface area contributed by atoms with Gasteiger partial charge in [-0.1, -0.05) is 18.2 Å². The second-order valence-electron chi connectivity index (χ2n) is 10.7. The maximum atomic E-state index is 12.1. The van der Waals surface area contributed by atoms with Gasteiger partial charge in [-0.2, -0.15) is 0 Å². The topological polar surface area (TPSA) is 77.9 Å². The number of carbonyl (C=O) groups is 1. The van der Waals surface area contributed by atoms with Gasteiger partial charge >= 0.3 is 5.97 Å². The molecule has 1 aromatic heterocycles. The zero-order valence-electron chi connectivity index (χ0n) is 22.2. The highest BCUT2D eigenvalue weighted by molar-refractivity contribution is 6.12. The number of pyridine rings is 1.